The van der Waals surface area contributed by atoms with E-state index in [1.165, 1.54) is 0 Å². The van der Waals surface area contributed by atoms with Gasteiger partial charge in [0.2, 0.25) is 0 Å². The Morgan fingerprint density at radius 1 is 0.579 bits per heavy atom. The van der Waals surface area contributed by atoms with Gasteiger partial charge in [0, 0.05) is 0 Å². The number of halogens is 9. The first-order chi connectivity index (χ1) is 8.36. The number of benzene rings is 1. The van der Waals surface area contributed by atoms with Gasteiger partial charge < -0.3 is 0 Å². The van der Waals surface area contributed by atoms with Gasteiger partial charge >= 0.3 is 25.0 Å². The van der Waals surface area contributed by atoms with Crippen molar-refractivity contribution in [1.29, 1.82) is 0 Å². The van der Waals surface area contributed by atoms with Crippen molar-refractivity contribution in [3.05, 3.63) is 30.3 Å². The molecule has 0 unspecified atom stereocenters. The first kappa shape index (κ1) is 16.1. The fraction of sp³-hybridized carbons (Fsp3) is 0.333. The smallest absolute Gasteiger partial charge is 0.134 e. The number of hydrogen-bond donors (Lipinski definition) is 0. The molecular weight excluding hydrogens is 310 g/mol. The molecule has 1 aromatic rings. The zero-order valence-electron chi connectivity index (χ0n) is 8.74. The molecule has 0 aromatic heterocycles. The molecule has 108 valence electrons. The molecule has 0 atom stereocenters. The summed E-state index contributed by atoms with van der Waals surface area (Å²) in [6.45, 7) is 0. The lowest BCUT2D eigenvalue weighted by Crippen LogP contribution is -2.44. The molecule has 0 N–H and O–H groups in total. The molecule has 0 aliphatic carbocycles. The van der Waals surface area contributed by atoms with Gasteiger partial charge in [-0.25, -0.2) is 0 Å². The standard InChI is InChI=1S/C9H5F9P/c10-7(11,12)19(8(13,14)15,9(16,17)18)6-4-2-1-3-5-6/h1-5H/q+1. The van der Waals surface area contributed by atoms with Crippen molar-refractivity contribution < 1.29 is 39.5 Å². The highest BCUT2D eigenvalue weighted by Gasteiger charge is 2.94. The Morgan fingerprint density at radius 2 is 0.895 bits per heavy atom. The third-order valence-corrected chi connectivity index (χ3v) is 5.64. The second-order valence-corrected chi connectivity index (χ2v) is 6.79. The van der Waals surface area contributed by atoms with Crippen LogP contribution in [0.25, 0.3) is 0 Å². The monoisotopic (exact) mass is 315 g/mol. The lowest BCUT2D eigenvalue weighted by molar-refractivity contribution is -0.128. The van der Waals surface area contributed by atoms with E-state index < -0.39 is 30.3 Å². The third kappa shape index (κ3) is 2.40. The average Bonchev–Trinajstić information content (AvgIpc) is 2.12. The summed E-state index contributed by atoms with van der Waals surface area (Å²) in [4.78, 5) is 0. The predicted molar refractivity (Wildman–Crippen MR) is 51.2 cm³/mol. The minimum atomic E-state index is -7.40. The van der Waals surface area contributed by atoms with Crippen LogP contribution in [0.3, 0.4) is 0 Å². The zero-order valence-corrected chi connectivity index (χ0v) is 9.63. The van der Waals surface area contributed by atoms with Crippen LogP contribution in [0.4, 0.5) is 39.5 Å². The van der Waals surface area contributed by atoms with Crippen LogP contribution in [0.2, 0.25) is 0 Å². The first-order valence-electron chi connectivity index (χ1n) is 4.51. The van der Waals surface area contributed by atoms with E-state index >= 15 is 0 Å². The van der Waals surface area contributed by atoms with Crippen molar-refractivity contribution >= 4 is 12.6 Å². The lowest BCUT2D eigenvalue weighted by atomic mass is 10.4. The highest BCUT2D eigenvalue weighted by molar-refractivity contribution is 7.85. The second-order valence-electron chi connectivity index (χ2n) is 3.41. The van der Waals surface area contributed by atoms with Crippen LogP contribution in [0, 0.1) is 0 Å². The van der Waals surface area contributed by atoms with Gasteiger partial charge in [-0.05, 0) is 12.1 Å². The van der Waals surface area contributed by atoms with Gasteiger partial charge in [-0.1, -0.05) is 18.2 Å². The van der Waals surface area contributed by atoms with Crippen LogP contribution in [0.1, 0.15) is 0 Å². The number of alkyl halides is 9. The Bertz CT molecular complexity index is 392. The van der Waals surface area contributed by atoms with Gasteiger partial charge in [0.15, 0.2) is 0 Å². The van der Waals surface area contributed by atoms with Gasteiger partial charge in [-0.2, -0.15) is 0 Å². The Morgan fingerprint density at radius 3 is 1.16 bits per heavy atom. The SMILES string of the molecule is FC(F)(F)[P+](c1ccccc1)(C(F)(F)F)C(F)(F)F. The summed E-state index contributed by atoms with van der Waals surface area (Å²) in [6, 6.07) is 2.83. The van der Waals surface area contributed by atoms with Gasteiger partial charge in [0.1, 0.15) is 5.30 Å². The molecule has 0 saturated carbocycles. The first-order valence-corrected chi connectivity index (χ1v) is 6.29. The minimum Gasteiger partial charge on any atom is -0.134 e. The van der Waals surface area contributed by atoms with Crippen molar-refractivity contribution in [2.24, 2.45) is 0 Å². The van der Waals surface area contributed by atoms with Gasteiger partial charge in [0.25, 0.3) is 0 Å². The zero-order chi connectivity index (χ0) is 15.1. The maximum atomic E-state index is 12.7. The maximum absolute atomic E-state index is 12.7. The van der Waals surface area contributed by atoms with E-state index in [2.05, 4.69) is 0 Å². The Kier molecular flexibility index (Phi) is 3.84. The van der Waals surface area contributed by atoms with Gasteiger partial charge in [0.05, 0.1) is 0 Å². The third-order valence-electron chi connectivity index (χ3n) is 2.28. The summed E-state index contributed by atoms with van der Waals surface area (Å²) in [5, 5.41) is -1.80. The quantitative estimate of drug-likeness (QED) is 0.511. The molecule has 0 heterocycles. The van der Waals surface area contributed by atoms with Crippen molar-refractivity contribution in [3.63, 3.8) is 0 Å². The Balaban J connectivity index is 3.76. The van der Waals surface area contributed by atoms with E-state index in [4.69, 9.17) is 0 Å². The fourth-order valence-electron chi connectivity index (χ4n) is 1.52. The summed E-state index contributed by atoms with van der Waals surface area (Å²) in [5.74, 6) is -19.4. The van der Waals surface area contributed by atoms with E-state index in [9.17, 15) is 39.5 Å². The normalized spacial score (nSPS) is 14.6. The molecule has 0 radical (unpaired) electrons. The van der Waals surface area contributed by atoms with Crippen LogP contribution in [-0.4, -0.2) is 17.8 Å². The van der Waals surface area contributed by atoms with Crippen molar-refractivity contribution in [1.82, 2.24) is 0 Å². The van der Waals surface area contributed by atoms with Crippen molar-refractivity contribution in [2.75, 3.05) is 0 Å². The Labute approximate surface area is 101 Å². The summed E-state index contributed by atoms with van der Waals surface area (Å²) in [7, 11) is -7.40. The van der Waals surface area contributed by atoms with Crippen LogP contribution in [-0.2, 0) is 0 Å². The topological polar surface area (TPSA) is 0 Å². The minimum absolute atomic E-state index is 0.197. The predicted octanol–water partition coefficient (Wildman–Crippen LogP) is 4.89. The molecule has 1 rings (SSSR count). The van der Waals surface area contributed by atoms with Crippen molar-refractivity contribution in [2.45, 2.75) is 17.8 Å². The van der Waals surface area contributed by atoms with E-state index in [0.717, 1.165) is 6.07 Å². The molecule has 0 spiro atoms. The van der Waals surface area contributed by atoms with E-state index in [0.29, 0.717) is 12.1 Å². The summed E-state index contributed by atoms with van der Waals surface area (Å²) in [5.41, 5.74) is 0. The highest BCUT2D eigenvalue weighted by Crippen LogP contribution is 2.86. The lowest BCUT2D eigenvalue weighted by Gasteiger charge is -2.29. The molecule has 0 nitrogen and oxygen atoms in total. The maximum Gasteiger partial charge on any atom is 0.533 e. The van der Waals surface area contributed by atoms with Crippen LogP contribution >= 0.6 is 7.26 Å². The molecule has 0 bridgehead atoms. The Hall–Kier alpha value is -0.980. The molecular formula is C9H5F9P+. The fourth-order valence-corrected chi connectivity index (χ4v) is 3.88. The molecule has 0 amide bonds. The van der Waals surface area contributed by atoms with Crippen molar-refractivity contribution in [3.8, 4) is 0 Å². The molecule has 1 aromatic carbocycles. The molecule has 10 heteroatoms. The van der Waals surface area contributed by atoms with Crippen LogP contribution < -0.4 is 5.30 Å². The molecule has 19 heavy (non-hydrogen) atoms. The van der Waals surface area contributed by atoms with Gasteiger partial charge in [-0.3, -0.25) is 0 Å². The number of hydrogen-bond acceptors (Lipinski definition) is 0. The largest absolute Gasteiger partial charge is 0.533 e. The highest BCUT2D eigenvalue weighted by atomic mass is 31.2. The average molecular weight is 315 g/mol. The number of rotatable bonds is 1. The second kappa shape index (κ2) is 4.54. The van der Waals surface area contributed by atoms with E-state index in [1.807, 2.05) is 0 Å². The molecule has 0 aliphatic heterocycles. The molecule has 0 saturated heterocycles. The summed E-state index contributed by atoms with van der Waals surface area (Å²) >= 11 is 0. The summed E-state index contributed by atoms with van der Waals surface area (Å²) < 4.78 is 114. The molecule has 0 aliphatic rings. The van der Waals surface area contributed by atoms with E-state index in [1.54, 1.807) is 0 Å². The molecule has 0 fully saturated rings. The van der Waals surface area contributed by atoms with E-state index in [-0.39, 0.29) is 12.1 Å². The summed E-state index contributed by atoms with van der Waals surface area (Å²) in [6.07, 6.45) is 0. The van der Waals surface area contributed by atoms with Gasteiger partial charge in [-0.15, -0.1) is 39.5 Å². The van der Waals surface area contributed by atoms with Crippen LogP contribution in [0.15, 0.2) is 30.3 Å². The van der Waals surface area contributed by atoms with Crippen LogP contribution in [0.5, 0.6) is 0 Å².